The smallest absolute Gasteiger partial charge is 0.252 e. The highest BCUT2D eigenvalue weighted by atomic mass is 16.2. The minimum Gasteiger partial charge on any atom is -0.368 e. The SMILES string of the molecule is Cc1ccccc1C(=O)N[C@H](CC(C)C)C(=O)N1CCN(c2cccc(C)c2C)CC1. The van der Waals surface area contributed by atoms with Gasteiger partial charge in [-0.1, -0.05) is 44.2 Å². The minimum absolute atomic E-state index is 0.0243. The molecule has 0 aromatic heterocycles. The number of benzene rings is 2. The van der Waals surface area contributed by atoms with Crippen LogP contribution in [-0.2, 0) is 4.79 Å². The van der Waals surface area contributed by atoms with E-state index >= 15 is 0 Å². The van der Waals surface area contributed by atoms with E-state index in [2.05, 4.69) is 56.1 Å². The molecule has 2 aromatic rings. The molecule has 5 heteroatoms. The van der Waals surface area contributed by atoms with E-state index in [1.54, 1.807) is 0 Å². The largest absolute Gasteiger partial charge is 0.368 e. The molecule has 0 bridgehead atoms. The van der Waals surface area contributed by atoms with Crippen molar-refractivity contribution >= 4 is 17.5 Å². The van der Waals surface area contributed by atoms with Crippen molar-refractivity contribution in [2.45, 2.75) is 47.1 Å². The van der Waals surface area contributed by atoms with E-state index in [9.17, 15) is 9.59 Å². The van der Waals surface area contributed by atoms with Crippen LogP contribution in [0, 0.1) is 26.7 Å². The monoisotopic (exact) mass is 421 g/mol. The predicted molar refractivity (Wildman–Crippen MR) is 127 cm³/mol. The van der Waals surface area contributed by atoms with E-state index in [1.165, 1.54) is 16.8 Å². The summed E-state index contributed by atoms with van der Waals surface area (Å²) in [5, 5.41) is 3.02. The molecule has 166 valence electrons. The number of piperazine rings is 1. The van der Waals surface area contributed by atoms with Crippen molar-refractivity contribution in [2.75, 3.05) is 31.1 Å². The van der Waals surface area contributed by atoms with Crippen LogP contribution in [0.1, 0.15) is 47.3 Å². The summed E-state index contributed by atoms with van der Waals surface area (Å²) in [5.41, 5.74) is 5.37. The molecule has 1 atom stereocenters. The Morgan fingerprint density at radius 2 is 1.55 bits per heavy atom. The molecule has 1 heterocycles. The zero-order valence-electron chi connectivity index (χ0n) is 19.4. The number of carbonyl (C=O) groups excluding carboxylic acids is 2. The van der Waals surface area contributed by atoms with Gasteiger partial charge in [0.05, 0.1) is 0 Å². The Labute approximate surface area is 186 Å². The Morgan fingerprint density at radius 1 is 0.903 bits per heavy atom. The van der Waals surface area contributed by atoms with E-state index in [0.717, 1.165) is 18.7 Å². The van der Waals surface area contributed by atoms with E-state index in [4.69, 9.17) is 0 Å². The number of amides is 2. The first-order chi connectivity index (χ1) is 14.8. The highest BCUT2D eigenvalue weighted by Gasteiger charge is 2.30. The molecule has 3 rings (SSSR count). The highest BCUT2D eigenvalue weighted by Crippen LogP contribution is 2.24. The first-order valence-electron chi connectivity index (χ1n) is 11.2. The summed E-state index contributed by atoms with van der Waals surface area (Å²) in [4.78, 5) is 30.5. The van der Waals surface area contributed by atoms with Gasteiger partial charge in [0.2, 0.25) is 5.91 Å². The van der Waals surface area contributed by atoms with Crippen molar-refractivity contribution in [1.29, 1.82) is 0 Å². The maximum Gasteiger partial charge on any atom is 0.252 e. The molecule has 2 aromatic carbocycles. The zero-order chi connectivity index (χ0) is 22.5. The third kappa shape index (κ3) is 5.46. The first kappa shape index (κ1) is 22.9. The maximum absolute atomic E-state index is 13.3. The van der Waals surface area contributed by atoms with Crippen molar-refractivity contribution in [3.05, 3.63) is 64.7 Å². The van der Waals surface area contributed by atoms with Gasteiger partial charge in [0.25, 0.3) is 5.91 Å². The van der Waals surface area contributed by atoms with Gasteiger partial charge in [0, 0.05) is 37.4 Å². The van der Waals surface area contributed by atoms with Gasteiger partial charge in [-0.15, -0.1) is 0 Å². The summed E-state index contributed by atoms with van der Waals surface area (Å²) in [6.07, 6.45) is 0.633. The van der Waals surface area contributed by atoms with Gasteiger partial charge in [0.15, 0.2) is 0 Å². The van der Waals surface area contributed by atoms with Crippen molar-refractivity contribution < 1.29 is 9.59 Å². The molecule has 0 spiro atoms. The Morgan fingerprint density at radius 3 is 2.19 bits per heavy atom. The molecular weight excluding hydrogens is 386 g/mol. The fraction of sp³-hybridized carbons (Fsp3) is 0.462. The number of nitrogens with one attached hydrogen (secondary N) is 1. The summed E-state index contributed by atoms with van der Waals surface area (Å²) in [6.45, 7) is 13.3. The molecule has 1 saturated heterocycles. The molecule has 0 saturated carbocycles. The van der Waals surface area contributed by atoms with Gasteiger partial charge in [-0.25, -0.2) is 0 Å². The molecule has 1 N–H and O–H groups in total. The number of hydrogen-bond donors (Lipinski definition) is 1. The van der Waals surface area contributed by atoms with Crippen LogP contribution in [0.25, 0.3) is 0 Å². The van der Waals surface area contributed by atoms with Crippen LogP contribution in [0.5, 0.6) is 0 Å². The molecule has 1 aliphatic heterocycles. The molecule has 1 aliphatic rings. The number of anilines is 1. The second kappa shape index (κ2) is 9.99. The van der Waals surface area contributed by atoms with E-state index in [0.29, 0.717) is 31.0 Å². The Hall–Kier alpha value is -2.82. The van der Waals surface area contributed by atoms with Crippen LogP contribution in [0.2, 0.25) is 0 Å². The third-order valence-electron chi connectivity index (χ3n) is 6.21. The number of carbonyl (C=O) groups is 2. The lowest BCUT2D eigenvalue weighted by molar-refractivity contribution is -0.134. The van der Waals surface area contributed by atoms with Gasteiger partial charge >= 0.3 is 0 Å². The van der Waals surface area contributed by atoms with Crippen LogP contribution >= 0.6 is 0 Å². The fourth-order valence-corrected chi connectivity index (χ4v) is 4.22. The van der Waals surface area contributed by atoms with Crippen molar-refractivity contribution in [3.8, 4) is 0 Å². The molecule has 5 nitrogen and oxygen atoms in total. The molecular formula is C26H35N3O2. The fourth-order valence-electron chi connectivity index (χ4n) is 4.22. The number of rotatable bonds is 6. The van der Waals surface area contributed by atoms with Crippen LogP contribution in [0.3, 0.4) is 0 Å². The van der Waals surface area contributed by atoms with Crippen LogP contribution in [-0.4, -0.2) is 48.9 Å². The second-order valence-corrected chi connectivity index (χ2v) is 9.00. The van der Waals surface area contributed by atoms with Crippen molar-refractivity contribution in [1.82, 2.24) is 10.2 Å². The van der Waals surface area contributed by atoms with Gasteiger partial charge in [-0.05, 0) is 61.9 Å². The minimum atomic E-state index is -0.501. The average molecular weight is 422 g/mol. The zero-order valence-corrected chi connectivity index (χ0v) is 19.4. The van der Waals surface area contributed by atoms with E-state index in [1.807, 2.05) is 36.1 Å². The lowest BCUT2D eigenvalue weighted by Crippen LogP contribution is -2.55. The van der Waals surface area contributed by atoms with Gasteiger partial charge < -0.3 is 15.1 Å². The predicted octanol–water partition coefficient (Wildman–Crippen LogP) is 4.11. The molecule has 0 unspecified atom stereocenters. The van der Waals surface area contributed by atoms with Gasteiger partial charge in [-0.3, -0.25) is 9.59 Å². The Balaban J connectivity index is 1.67. The van der Waals surface area contributed by atoms with Crippen molar-refractivity contribution in [2.24, 2.45) is 5.92 Å². The van der Waals surface area contributed by atoms with Gasteiger partial charge in [-0.2, -0.15) is 0 Å². The van der Waals surface area contributed by atoms with E-state index in [-0.39, 0.29) is 11.8 Å². The molecule has 1 fully saturated rings. The summed E-state index contributed by atoms with van der Waals surface area (Å²) in [6, 6.07) is 13.4. The molecule has 2 amide bonds. The lowest BCUT2D eigenvalue weighted by atomic mass is 10.0. The molecule has 0 radical (unpaired) electrons. The maximum atomic E-state index is 13.3. The highest BCUT2D eigenvalue weighted by molar-refractivity contribution is 5.98. The van der Waals surface area contributed by atoms with Crippen LogP contribution in [0.15, 0.2) is 42.5 Å². The Kier molecular flexibility index (Phi) is 7.37. The summed E-state index contributed by atoms with van der Waals surface area (Å²) >= 11 is 0. The number of nitrogens with zero attached hydrogens (tertiary/aromatic N) is 2. The average Bonchev–Trinajstić information content (AvgIpc) is 2.75. The van der Waals surface area contributed by atoms with E-state index < -0.39 is 6.04 Å². The standard InChI is InChI=1S/C26H35N3O2/c1-18(2)17-23(27-25(30)22-11-7-6-9-20(22)4)26(31)29-15-13-28(14-16-29)24-12-8-10-19(3)21(24)5/h6-12,18,23H,13-17H2,1-5H3,(H,27,30)/t23-/m1/s1. The topological polar surface area (TPSA) is 52.7 Å². The summed E-state index contributed by atoms with van der Waals surface area (Å²) < 4.78 is 0. The van der Waals surface area contributed by atoms with Crippen LogP contribution in [0.4, 0.5) is 5.69 Å². The Bertz CT molecular complexity index is 930. The second-order valence-electron chi connectivity index (χ2n) is 9.00. The summed E-state index contributed by atoms with van der Waals surface area (Å²) in [5.74, 6) is 0.157. The normalized spacial score (nSPS) is 15.2. The number of hydrogen-bond acceptors (Lipinski definition) is 3. The summed E-state index contributed by atoms with van der Waals surface area (Å²) in [7, 11) is 0. The van der Waals surface area contributed by atoms with Crippen LogP contribution < -0.4 is 10.2 Å². The number of aryl methyl sites for hydroxylation is 2. The lowest BCUT2D eigenvalue weighted by Gasteiger charge is -2.38. The molecule has 31 heavy (non-hydrogen) atoms. The first-order valence-corrected chi connectivity index (χ1v) is 11.2. The third-order valence-corrected chi connectivity index (χ3v) is 6.21. The molecule has 0 aliphatic carbocycles. The van der Waals surface area contributed by atoms with Gasteiger partial charge in [0.1, 0.15) is 6.04 Å². The quantitative estimate of drug-likeness (QED) is 0.764. The van der Waals surface area contributed by atoms with Crippen molar-refractivity contribution in [3.63, 3.8) is 0 Å².